The highest BCUT2D eigenvalue weighted by Gasteiger charge is 2.08. The Morgan fingerprint density at radius 2 is 1.67 bits per heavy atom. The van der Waals surface area contributed by atoms with Crippen molar-refractivity contribution in [2.45, 2.75) is 4.90 Å². The SMILES string of the molecule is Sc1c(C=Nc2ccccc2)oc2ccccc12. The minimum absolute atomic E-state index is 0.684. The quantitative estimate of drug-likeness (QED) is 0.529. The summed E-state index contributed by atoms with van der Waals surface area (Å²) in [6, 6.07) is 17.6. The van der Waals surface area contributed by atoms with E-state index >= 15 is 0 Å². The molecule has 0 aliphatic heterocycles. The third-order valence-electron chi connectivity index (χ3n) is 2.68. The Labute approximate surface area is 110 Å². The molecule has 0 N–H and O–H groups in total. The highest BCUT2D eigenvalue weighted by molar-refractivity contribution is 7.80. The molecule has 0 unspecified atom stereocenters. The molecule has 88 valence electrons. The number of furan rings is 1. The van der Waals surface area contributed by atoms with Gasteiger partial charge in [-0.2, -0.15) is 0 Å². The second-order valence-corrected chi connectivity index (χ2v) is 4.35. The molecule has 0 atom stereocenters. The van der Waals surface area contributed by atoms with Gasteiger partial charge >= 0.3 is 0 Å². The third kappa shape index (κ3) is 2.05. The molecule has 0 radical (unpaired) electrons. The predicted molar refractivity (Wildman–Crippen MR) is 77.2 cm³/mol. The van der Waals surface area contributed by atoms with Gasteiger partial charge < -0.3 is 4.42 Å². The molecule has 1 heterocycles. The summed E-state index contributed by atoms with van der Waals surface area (Å²) < 4.78 is 5.69. The molecule has 0 saturated heterocycles. The molecule has 2 nitrogen and oxygen atoms in total. The summed E-state index contributed by atoms with van der Waals surface area (Å²) in [7, 11) is 0. The number of nitrogens with zero attached hydrogens (tertiary/aromatic N) is 1. The van der Waals surface area contributed by atoms with Gasteiger partial charge in [0.1, 0.15) is 5.58 Å². The molecule has 0 fully saturated rings. The molecule has 1 aromatic heterocycles. The summed E-state index contributed by atoms with van der Waals surface area (Å²) in [6.07, 6.45) is 1.71. The van der Waals surface area contributed by atoms with Crippen LogP contribution in [0.5, 0.6) is 0 Å². The third-order valence-corrected chi connectivity index (χ3v) is 3.14. The van der Waals surface area contributed by atoms with E-state index in [2.05, 4.69) is 17.6 Å². The van der Waals surface area contributed by atoms with Crippen LogP contribution in [-0.4, -0.2) is 6.21 Å². The van der Waals surface area contributed by atoms with Crippen LogP contribution >= 0.6 is 12.6 Å². The van der Waals surface area contributed by atoms with Crippen LogP contribution in [0.4, 0.5) is 5.69 Å². The second-order valence-electron chi connectivity index (χ2n) is 3.90. The summed E-state index contributed by atoms with van der Waals surface area (Å²) in [6.45, 7) is 0. The van der Waals surface area contributed by atoms with E-state index in [4.69, 9.17) is 4.42 Å². The maximum Gasteiger partial charge on any atom is 0.159 e. The first-order valence-corrected chi connectivity index (χ1v) is 6.09. The molecule has 3 heteroatoms. The number of rotatable bonds is 2. The molecule has 0 bridgehead atoms. The summed E-state index contributed by atoms with van der Waals surface area (Å²) in [5.74, 6) is 0.684. The summed E-state index contributed by atoms with van der Waals surface area (Å²) in [5.41, 5.74) is 1.72. The summed E-state index contributed by atoms with van der Waals surface area (Å²) in [5, 5.41) is 1.01. The van der Waals surface area contributed by atoms with Crippen molar-refractivity contribution in [1.29, 1.82) is 0 Å². The lowest BCUT2D eigenvalue weighted by atomic mass is 10.2. The number of aliphatic imine (C=N–C) groups is 1. The first kappa shape index (κ1) is 11.1. The van der Waals surface area contributed by atoms with Gasteiger partial charge in [-0.05, 0) is 24.3 Å². The molecule has 3 rings (SSSR count). The molecule has 0 spiro atoms. The smallest absolute Gasteiger partial charge is 0.159 e. The average Bonchev–Trinajstić information content (AvgIpc) is 2.75. The Morgan fingerprint density at radius 1 is 0.944 bits per heavy atom. The van der Waals surface area contributed by atoms with Crippen molar-refractivity contribution >= 4 is 35.5 Å². The van der Waals surface area contributed by atoms with Gasteiger partial charge in [-0.3, -0.25) is 4.99 Å². The summed E-state index contributed by atoms with van der Waals surface area (Å²) >= 11 is 4.48. The van der Waals surface area contributed by atoms with Crippen LogP contribution in [0.15, 0.2) is 68.9 Å². The van der Waals surface area contributed by atoms with E-state index in [1.807, 2.05) is 54.6 Å². The molecule has 0 amide bonds. The van der Waals surface area contributed by atoms with Crippen molar-refractivity contribution in [3.63, 3.8) is 0 Å². The van der Waals surface area contributed by atoms with Gasteiger partial charge in [0.2, 0.25) is 0 Å². The molecular formula is C15H11NOS. The zero-order valence-corrected chi connectivity index (χ0v) is 10.5. The highest BCUT2D eigenvalue weighted by Crippen LogP contribution is 2.27. The number of benzene rings is 2. The van der Waals surface area contributed by atoms with Gasteiger partial charge in [0, 0.05) is 5.39 Å². The number of hydrogen-bond donors (Lipinski definition) is 1. The molecule has 3 aromatic rings. The first-order chi connectivity index (χ1) is 8.84. The van der Waals surface area contributed by atoms with Gasteiger partial charge in [-0.15, -0.1) is 12.6 Å². The zero-order chi connectivity index (χ0) is 12.4. The van der Waals surface area contributed by atoms with Crippen molar-refractivity contribution in [2.75, 3.05) is 0 Å². The van der Waals surface area contributed by atoms with E-state index in [0.29, 0.717) is 5.76 Å². The topological polar surface area (TPSA) is 25.5 Å². The monoisotopic (exact) mass is 253 g/mol. The van der Waals surface area contributed by atoms with Crippen LogP contribution in [0.25, 0.3) is 11.0 Å². The van der Waals surface area contributed by atoms with E-state index in [-0.39, 0.29) is 0 Å². The van der Waals surface area contributed by atoms with Crippen LogP contribution in [0.1, 0.15) is 5.76 Å². The Bertz CT molecular complexity index is 701. The minimum atomic E-state index is 0.684. The molecular weight excluding hydrogens is 242 g/mol. The van der Waals surface area contributed by atoms with Gasteiger partial charge in [0.05, 0.1) is 16.8 Å². The standard InChI is InChI=1S/C15H11NOS/c18-15-12-8-4-5-9-13(12)17-14(15)10-16-11-6-2-1-3-7-11/h1-10,18H. The van der Waals surface area contributed by atoms with Crippen molar-refractivity contribution < 1.29 is 4.42 Å². The van der Waals surface area contributed by atoms with E-state index in [1.54, 1.807) is 6.21 Å². The number of hydrogen-bond acceptors (Lipinski definition) is 3. The van der Waals surface area contributed by atoms with Crippen molar-refractivity contribution in [1.82, 2.24) is 0 Å². The number of fused-ring (bicyclic) bond motifs is 1. The maximum atomic E-state index is 5.69. The zero-order valence-electron chi connectivity index (χ0n) is 9.58. The Hall–Kier alpha value is -2.00. The number of para-hydroxylation sites is 2. The van der Waals surface area contributed by atoms with Gasteiger partial charge in [0.15, 0.2) is 5.76 Å². The Kier molecular flexibility index (Phi) is 2.90. The normalized spacial score (nSPS) is 11.4. The van der Waals surface area contributed by atoms with Crippen LogP contribution in [0, 0.1) is 0 Å². The lowest BCUT2D eigenvalue weighted by Gasteiger charge is -1.91. The fourth-order valence-electron chi connectivity index (χ4n) is 1.79. The van der Waals surface area contributed by atoms with E-state index < -0.39 is 0 Å². The van der Waals surface area contributed by atoms with Gasteiger partial charge in [-0.1, -0.05) is 30.3 Å². The predicted octanol–water partition coefficient (Wildman–Crippen LogP) is 4.47. The van der Waals surface area contributed by atoms with E-state index in [9.17, 15) is 0 Å². The second kappa shape index (κ2) is 4.70. The maximum absolute atomic E-state index is 5.69. The van der Waals surface area contributed by atoms with E-state index in [1.165, 1.54) is 0 Å². The van der Waals surface area contributed by atoms with Gasteiger partial charge in [-0.25, -0.2) is 0 Å². The van der Waals surface area contributed by atoms with E-state index in [0.717, 1.165) is 21.6 Å². The average molecular weight is 253 g/mol. The molecule has 0 aliphatic carbocycles. The van der Waals surface area contributed by atoms with Crippen LogP contribution < -0.4 is 0 Å². The van der Waals surface area contributed by atoms with Gasteiger partial charge in [0.25, 0.3) is 0 Å². The molecule has 0 aliphatic rings. The van der Waals surface area contributed by atoms with Crippen LogP contribution in [-0.2, 0) is 0 Å². The Balaban J connectivity index is 2.00. The van der Waals surface area contributed by atoms with Crippen molar-refractivity contribution in [3.8, 4) is 0 Å². The van der Waals surface area contributed by atoms with Crippen molar-refractivity contribution in [2.24, 2.45) is 4.99 Å². The lowest BCUT2D eigenvalue weighted by molar-refractivity contribution is 0.600. The summed E-state index contributed by atoms with van der Waals surface area (Å²) in [4.78, 5) is 5.19. The molecule has 0 saturated carbocycles. The molecule has 18 heavy (non-hydrogen) atoms. The fraction of sp³-hybridized carbons (Fsp3) is 0. The Morgan fingerprint density at radius 3 is 2.44 bits per heavy atom. The molecule has 2 aromatic carbocycles. The highest BCUT2D eigenvalue weighted by atomic mass is 32.1. The fourth-order valence-corrected chi connectivity index (χ4v) is 2.07. The minimum Gasteiger partial charge on any atom is -0.454 e. The van der Waals surface area contributed by atoms with Crippen molar-refractivity contribution in [3.05, 3.63) is 60.4 Å². The van der Waals surface area contributed by atoms with Crippen LogP contribution in [0.2, 0.25) is 0 Å². The van der Waals surface area contributed by atoms with Crippen LogP contribution in [0.3, 0.4) is 0 Å². The largest absolute Gasteiger partial charge is 0.454 e. The lowest BCUT2D eigenvalue weighted by Crippen LogP contribution is -1.76. The first-order valence-electron chi connectivity index (χ1n) is 5.64. The number of thiol groups is 1.